The molecule has 1 aromatic heterocycles. The fourth-order valence-electron chi connectivity index (χ4n) is 0.628. The summed E-state index contributed by atoms with van der Waals surface area (Å²) in [5.41, 5.74) is 4.71. The van der Waals surface area contributed by atoms with Crippen LogP contribution < -0.4 is 5.73 Å². The summed E-state index contributed by atoms with van der Waals surface area (Å²) >= 11 is 0. The van der Waals surface area contributed by atoms with Crippen LogP contribution in [0.1, 0.15) is 37.3 Å². The van der Waals surface area contributed by atoms with E-state index in [1.165, 1.54) is 0 Å². The fourth-order valence-corrected chi connectivity index (χ4v) is 0.628. The molecule has 0 fully saturated rings. The van der Waals surface area contributed by atoms with Crippen molar-refractivity contribution in [3.8, 4) is 0 Å². The summed E-state index contributed by atoms with van der Waals surface area (Å²) in [7, 11) is 0. The number of amides is 1. The van der Waals surface area contributed by atoms with E-state index in [1.54, 1.807) is 0 Å². The summed E-state index contributed by atoms with van der Waals surface area (Å²) in [6, 6.07) is 0. The third-order valence-electron chi connectivity index (χ3n) is 1.31. The van der Waals surface area contributed by atoms with Gasteiger partial charge in [0.15, 0.2) is 5.82 Å². The van der Waals surface area contributed by atoms with Crippen molar-refractivity contribution in [1.29, 1.82) is 0 Å². The van der Waals surface area contributed by atoms with E-state index in [0.717, 1.165) is 0 Å². The van der Waals surface area contributed by atoms with Gasteiger partial charge in [-0.2, -0.15) is 4.98 Å². The molecule has 5 nitrogen and oxygen atoms in total. The van der Waals surface area contributed by atoms with Crippen molar-refractivity contribution in [3.05, 3.63) is 11.7 Å². The second-order valence-electron chi connectivity index (χ2n) is 3.54. The smallest absolute Gasteiger partial charge is 0.315 e. The molecular formula is C7H11N3O2. The van der Waals surface area contributed by atoms with Gasteiger partial charge in [-0.1, -0.05) is 25.9 Å². The summed E-state index contributed by atoms with van der Waals surface area (Å²) in [5.74, 6) is -0.353. The Hall–Kier alpha value is -1.39. The number of rotatable bonds is 1. The number of hydrogen-bond donors (Lipinski definition) is 1. The van der Waals surface area contributed by atoms with Gasteiger partial charge in [-0.3, -0.25) is 4.79 Å². The Balaban J connectivity index is 3.00. The third kappa shape index (κ3) is 1.61. The summed E-state index contributed by atoms with van der Waals surface area (Å²) in [4.78, 5) is 14.4. The van der Waals surface area contributed by atoms with E-state index in [2.05, 4.69) is 14.7 Å². The van der Waals surface area contributed by atoms with Crippen LogP contribution in [0.15, 0.2) is 4.52 Å². The van der Waals surface area contributed by atoms with E-state index in [9.17, 15) is 4.79 Å². The standard InChI is InChI=1S/C7H11N3O2/c1-7(2,3)6-9-5(4(8)11)12-10-6/h1-3H3,(H2,8,11). The van der Waals surface area contributed by atoms with Gasteiger partial charge < -0.3 is 10.3 Å². The van der Waals surface area contributed by atoms with Crippen LogP contribution in [0.5, 0.6) is 0 Å². The molecule has 1 amide bonds. The molecule has 1 aromatic rings. The van der Waals surface area contributed by atoms with Crippen molar-refractivity contribution in [3.63, 3.8) is 0 Å². The molecule has 66 valence electrons. The maximum Gasteiger partial charge on any atom is 0.315 e. The van der Waals surface area contributed by atoms with Crippen molar-refractivity contribution in [2.45, 2.75) is 26.2 Å². The van der Waals surface area contributed by atoms with Crippen molar-refractivity contribution in [2.24, 2.45) is 5.73 Å². The molecule has 0 radical (unpaired) electrons. The molecular weight excluding hydrogens is 158 g/mol. The molecule has 0 aromatic carbocycles. The largest absolute Gasteiger partial charge is 0.361 e. The highest BCUT2D eigenvalue weighted by atomic mass is 16.5. The first-order valence-electron chi connectivity index (χ1n) is 3.55. The molecule has 1 heterocycles. The average Bonchev–Trinajstić information content (AvgIpc) is 2.30. The van der Waals surface area contributed by atoms with Gasteiger partial charge in [-0.25, -0.2) is 0 Å². The first-order valence-corrected chi connectivity index (χ1v) is 3.55. The minimum absolute atomic E-state index is 0.139. The molecule has 0 saturated heterocycles. The Morgan fingerprint density at radius 1 is 1.50 bits per heavy atom. The van der Waals surface area contributed by atoms with Gasteiger partial charge in [-0.15, -0.1) is 0 Å². The van der Waals surface area contributed by atoms with E-state index in [1.807, 2.05) is 20.8 Å². The van der Waals surface area contributed by atoms with Crippen molar-refractivity contribution < 1.29 is 9.32 Å². The van der Waals surface area contributed by atoms with Crippen molar-refractivity contribution in [2.75, 3.05) is 0 Å². The summed E-state index contributed by atoms with van der Waals surface area (Å²) in [5, 5.41) is 3.62. The molecule has 0 aliphatic carbocycles. The van der Waals surface area contributed by atoms with Gasteiger partial charge in [-0.05, 0) is 0 Å². The molecule has 0 unspecified atom stereocenters. The zero-order valence-corrected chi connectivity index (χ0v) is 7.29. The lowest BCUT2D eigenvalue weighted by Crippen LogP contribution is -2.15. The topological polar surface area (TPSA) is 82.0 Å². The van der Waals surface area contributed by atoms with Crippen molar-refractivity contribution in [1.82, 2.24) is 10.1 Å². The number of primary amides is 1. The zero-order valence-electron chi connectivity index (χ0n) is 7.29. The Bertz CT molecular complexity index is 298. The monoisotopic (exact) mass is 169 g/mol. The van der Waals surface area contributed by atoms with E-state index >= 15 is 0 Å². The predicted octanol–water partition coefficient (Wildman–Crippen LogP) is 0.466. The number of nitrogens with zero attached hydrogens (tertiary/aromatic N) is 2. The van der Waals surface area contributed by atoms with E-state index in [-0.39, 0.29) is 11.3 Å². The van der Waals surface area contributed by atoms with Crippen LogP contribution in [0.2, 0.25) is 0 Å². The van der Waals surface area contributed by atoms with Gasteiger partial charge in [0.05, 0.1) is 0 Å². The third-order valence-corrected chi connectivity index (χ3v) is 1.31. The molecule has 0 bridgehead atoms. The van der Waals surface area contributed by atoms with Crippen LogP contribution >= 0.6 is 0 Å². The fraction of sp³-hybridized carbons (Fsp3) is 0.571. The van der Waals surface area contributed by atoms with Crippen LogP contribution in [0.3, 0.4) is 0 Å². The predicted molar refractivity (Wildman–Crippen MR) is 41.5 cm³/mol. The lowest BCUT2D eigenvalue weighted by molar-refractivity contribution is 0.0958. The molecule has 12 heavy (non-hydrogen) atoms. The highest BCUT2D eigenvalue weighted by molar-refractivity contribution is 5.87. The second kappa shape index (κ2) is 2.58. The molecule has 5 heteroatoms. The van der Waals surface area contributed by atoms with Gasteiger partial charge in [0, 0.05) is 5.41 Å². The Labute approximate surface area is 69.9 Å². The molecule has 0 atom stereocenters. The zero-order chi connectivity index (χ0) is 9.35. The van der Waals surface area contributed by atoms with E-state index in [0.29, 0.717) is 5.82 Å². The van der Waals surface area contributed by atoms with Crippen molar-refractivity contribution >= 4 is 5.91 Å². The molecule has 2 N–H and O–H groups in total. The Morgan fingerprint density at radius 2 is 2.08 bits per heavy atom. The number of nitrogens with two attached hydrogens (primary N) is 1. The number of hydrogen-bond acceptors (Lipinski definition) is 4. The summed E-state index contributed by atoms with van der Waals surface area (Å²) in [6.45, 7) is 5.76. The number of carbonyl (C=O) groups is 1. The van der Waals surface area contributed by atoms with E-state index in [4.69, 9.17) is 5.73 Å². The molecule has 1 rings (SSSR count). The summed E-state index contributed by atoms with van der Waals surface area (Å²) in [6.07, 6.45) is 0. The quantitative estimate of drug-likeness (QED) is 0.662. The SMILES string of the molecule is CC(C)(C)c1noc(C(N)=O)n1. The first kappa shape index (κ1) is 8.70. The molecule has 0 aliphatic rings. The Morgan fingerprint density at radius 3 is 2.33 bits per heavy atom. The minimum Gasteiger partial charge on any atom is -0.361 e. The van der Waals surface area contributed by atoms with E-state index < -0.39 is 5.91 Å². The molecule has 0 aliphatic heterocycles. The van der Waals surface area contributed by atoms with Gasteiger partial charge in [0.2, 0.25) is 0 Å². The second-order valence-corrected chi connectivity index (χ2v) is 3.54. The minimum atomic E-state index is -0.696. The lowest BCUT2D eigenvalue weighted by atomic mass is 9.96. The maximum atomic E-state index is 10.6. The molecule has 0 spiro atoms. The van der Waals surface area contributed by atoms with Crippen LogP contribution in [0.25, 0.3) is 0 Å². The number of aromatic nitrogens is 2. The van der Waals surface area contributed by atoms with Crippen LogP contribution in [-0.4, -0.2) is 16.0 Å². The van der Waals surface area contributed by atoms with Crippen LogP contribution in [0, 0.1) is 0 Å². The van der Waals surface area contributed by atoms with Crippen LogP contribution in [0.4, 0.5) is 0 Å². The lowest BCUT2D eigenvalue weighted by Gasteiger charge is -2.10. The maximum absolute atomic E-state index is 10.6. The van der Waals surface area contributed by atoms with Gasteiger partial charge in [0.1, 0.15) is 0 Å². The first-order chi connectivity index (χ1) is 5.41. The highest BCUT2D eigenvalue weighted by Gasteiger charge is 2.22. The summed E-state index contributed by atoms with van der Waals surface area (Å²) < 4.78 is 4.62. The highest BCUT2D eigenvalue weighted by Crippen LogP contribution is 2.17. The Kier molecular flexibility index (Phi) is 1.87. The number of carbonyl (C=O) groups excluding carboxylic acids is 1. The van der Waals surface area contributed by atoms with Gasteiger partial charge >= 0.3 is 11.8 Å². The normalized spacial score (nSPS) is 11.6. The molecule has 0 saturated carbocycles. The van der Waals surface area contributed by atoms with Gasteiger partial charge in [0.25, 0.3) is 0 Å². The average molecular weight is 169 g/mol. The van der Waals surface area contributed by atoms with Crippen LogP contribution in [-0.2, 0) is 5.41 Å².